The predicted molar refractivity (Wildman–Crippen MR) is 81.0 cm³/mol. The second-order valence-electron chi connectivity index (χ2n) is 7.42. The number of hydrogen-bond acceptors (Lipinski definition) is 1. The standard InChI is InChI=1S/C18H26O/c1-11-8-16-15(9-14(11)13(3)19)12(2)10-17(4,5)18(16,6)7/h8-9,12H,10H2,1-7H3. The second-order valence-corrected chi connectivity index (χ2v) is 7.42. The van der Waals surface area contributed by atoms with Crippen LogP contribution in [0.2, 0.25) is 0 Å². The van der Waals surface area contributed by atoms with E-state index in [9.17, 15) is 4.79 Å². The van der Waals surface area contributed by atoms with Crippen LogP contribution < -0.4 is 0 Å². The molecule has 0 aliphatic heterocycles. The van der Waals surface area contributed by atoms with E-state index < -0.39 is 0 Å². The lowest BCUT2D eigenvalue weighted by molar-refractivity contribution is 0.101. The molecule has 0 heterocycles. The minimum atomic E-state index is 0.148. The van der Waals surface area contributed by atoms with Crippen molar-refractivity contribution in [3.8, 4) is 0 Å². The van der Waals surface area contributed by atoms with Crippen LogP contribution in [0.5, 0.6) is 0 Å². The molecule has 0 amide bonds. The van der Waals surface area contributed by atoms with Crippen molar-refractivity contribution in [3.63, 3.8) is 0 Å². The molecule has 1 nitrogen and oxygen atoms in total. The van der Waals surface area contributed by atoms with Gasteiger partial charge in [0.05, 0.1) is 0 Å². The molecule has 0 aromatic heterocycles. The van der Waals surface area contributed by atoms with E-state index in [0.717, 1.165) is 11.1 Å². The molecule has 0 N–H and O–H groups in total. The Morgan fingerprint density at radius 2 is 1.79 bits per heavy atom. The largest absolute Gasteiger partial charge is 0.295 e. The van der Waals surface area contributed by atoms with Gasteiger partial charge in [0, 0.05) is 5.56 Å². The Bertz CT molecular complexity index is 535. The van der Waals surface area contributed by atoms with E-state index in [2.05, 4.69) is 53.7 Å². The molecule has 1 aromatic rings. The van der Waals surface area contributed by atoms with Crippen LogP contribution in [-0.4, -0.2) is 5.78 Å². The number of carbonyl (C=O) groups is 1. The highest BCUT2D eigenvalue weighted by atomic mass is 16.1. The molecule has 1 aliphatic carbocycles. The summed E-state index contributed by atoms with van der Waals surface area (Å²) in [6.45, 7) is 15.4. The summed E-state index contributed by atoms with van der Waals surface area (Å²) in [5, 5.41) is 0. The Balaban J connectivity index is 2.72. The normalized spacial score (nSPS) is 23.8. The summed E-state index contributed by atoms with van der Waals surface area (Å²) >= 11 is 0. The van der Waals surface area contributed by atoms with E-state index in [4.69, 9.17) is 0 Å². The molecule has 19 heavy (non-hydrogen) atoms. The molecule has 1 aliphatic rings. The average molecular weight is 258 g/mol. The van der Waals surface area contributed by atoms with Gasteiger partial charge in [0.2, 0.25) is 0 Å². The molecule has 104 valence electrons. The molecule has 1 atom stereocenters. The minimum absolute atomic E-state index is 0.148. The SMILES string of the molecule is CC(=O)c1cc2c(cc1C)C(C)(C)C(C)(C)CC2C. The van der Waals surface area contributed by atoms with Gasteiger partial charge in [0.1, 0.15) is 0 Å². The molecule has 0 saturated heterocycles. The maximum Gasteiger partial charge on any atom is 0.160 e. The van der Waals surface area contributed by atoms with Crippen molar-refractivity contribution < 1.29 is 4.79 Å². The lowest BCUT2D eigenvalue weighted by atomic mass is 9.55. The molecule has 1 unspecified atom stereocenters. The first-order valence-corrected chi connectivity index (χ1v) is 7.24. The van der Waals surface area contributed by atoms with E-state index >= 15 is 0 Å². The number of Topliss-reactive ketones (excluding diaryl/α,β-unsaturated/α-hetero) is 1. The van der Waals surface area contributed by atoms with Crippen molar-refractivity contribution in [2.45, 2.75) is 66.2 Å². The van der Waals surface area contributed by atoms with Gasteiger partial charge in [-0.25, -0.2) is 0 Å². The summed E-state index contributed by atoms with van der Waals surface area (Å²) in [7, 11) is 0. The zero-order valence-electron chi connectivity index (χ0n) is 13.3. The quantitative estimate of drug-likeness (QED) is 0.647. The van der Waals surface area contributed by atoms with E-state index in [1.54, 1.807) is 6.92 Å². The Hall–Kier alpha value is -1.11. The average Bonchev–Trinajstić information content (AvgIpc) is 2.25. The third-order valence-electron chi connectivity index (χ3n) is 5.49. The topological polar surface area (TPSA) is 17.1 Å². The maximum atomic E-state index is 11.7. The van der Waals surface area contributed by atoms with Crippen LogP contribution in [-0.2, 0) is 5.41 Å². The highest BCUT2D eigenvalue weighted by Crippen LogP contribution is 2.53. The molecular formula is C18H26O. The molecule has 0 fully saturated rings. The van der Waals surface area contributed by atoms with Gasteiger partial charge in [-0.1, -0.05) is 40.7 Å². The predicted octanol–water partition coefficient (Wildman–Crippen LogP) is 5.01. The number of ketones is 1. The van der Waals surface area contributed by atoms with Gasteiger partial charge < -0.3 is 0 Å². The highest BCUT2D eigenvalue weighted by Gasteiger charge is 2.45. The van der Waals surface area contributed by atoms with Crippen molar-refractivity contribution in [1.82, 2.24) is 0 Å². The fraction of sp³-hybridized carbons (Fsp3) is 0.611. The monoisotopic (exact) mass is 258 g/mol. The summed E-state index contributed by atoms with van der Waals surface area (Å²) in [5.74, 6) is 0.701. The van der Waals surface area contributed by atoms with Crippen molar-refractivity contribution in [2.75, 3.05) is 0 Å². The van der Waals surface area contributed by atoms with E-state index in [1.807, 2.05) is 0 Å². The number of aryl methyl sites for hydroxylation is 1. The summed E-state index contributed by atoms with van der Waals surface area (Å²) in [6.07, 6.45) is 1.17. The van der Waals surface area contributed by atoms with Crippen molar-refractivity contribution in [2.24, 2.45) is 5.41 Å². The molecule has 0 saturated carbocycles. The van der Waals surface area contributed by atoms with Gasteiger partial charge in [-0.15, -0.1) is 0 Å². The summed E-state index contributed by atoms with van der Waals surface area (Å²) in [6, 6.07) is 4.40. The number of benzene rings is 1. The van der Waals surface area contributed by atoms with Crippen LogP contribution in [0.1, 0.15) is 80.9 Å². The van der Waals surface area contributed by atoms with Gasteiger partial charge in [-0.3, -0.25) is 4.79 Å². The van der Waals surface area contributed by atoms with E-state index in [0.29, 0.717) is 5.92 Å². The molecule has 1 aromatic carbocycles. The first-order chi connectivity index (χ1) is 8.58. The zero-order valence-corrected chi connectivity index (χ0v) is 13.3. The zero-order chi connectivity index (χ0) is 14.6. The van der Waals surface area contributed by atoms with Gasteiger partial charge in [-0.2, -0.15) is 0 Å². The Morgan fingerprint density at radius 1 is 1.21 bits per heavy atom. The Kier molecular flexibility index (Phi) is 3.16. The Labute approximate surface area is 117 Å². The summed E-state index contributed by atoms with van der Waals surface area (Å²) < 4.78 is 0. The maximum absolute atomic E-state index is 11.7. The number of fused-ring (bicyclic) bond motifs is 1. The van der Waals surface area contributed by atoms with Gasteiger partial charge in [-0.05, 0) is 59.8 Å². The van der Waals surface area contributed by atoms with Gasteiger partial charge in [0.15, 0.2) is 5.78 Å². The smallest absolute Gasteiger partial charge is 0.160 e. The molecule has 1 heteroatoms. The lowest BCUT2D eigenvalue weighted by Crippen LogP contribution is -2.42. The van der Waals surface area contributed by atoms with Crippen LogP contribution in [0, 0.1) is 12.3 Å². The molecule has 0 radical (unpaired) electrons. The molecular weight excluding hydrogens is 232 g/mol. The first kappa shape index (κ1) is 14.3. The fourth-order valence-electron chi connectivity index (χ4n) is 3.55. The number of hydrogen-bond donors (Lipinski definition) is 0. The van der Waals surface area contributed by atoms with Crippen LogP contribution in [0.4, 0.5) is 0 Å². The summed E-state index contributed by atoms with van der Waals surface area (Å²) in [4.78, 5) is 11.7. The van der Waals surface area contributed by atoms with Crippen LogP contribution in [0.25, 0.3) is 0 Å². The minimum Gasteiger partial charge on any atom is -0.295 e. The molecule has 2 rings (SSSR count). The third-order valence-corrected chi connectivity index (χ3v) is 5.49. The van der Waals surface area contributed by atoms with Gasteiger partial charge >= 0.3 is 0 Å². The number of carbonyl (C=O) groups excluding carboxylic acids is 1. The van der Waals surface area contributed by atoms with Crippen LogP contribution >= 0.6 is 0 Å². The second kappa shape index (κ2) is 4.19. The van der Waals surface area contributed by atoms with Crippen molar-refractivity contribution in [3.05, 3.63) is 34.4 Å². The van der Waals surface area contributed by atoms with E-state index in [1.165, 1.54) is 17.5 Å². The summed E-state index contributed by atoms with van der Waals surface area (Å²) in [5.41, 5.74) is 5.24. The fourth-order valence-corrected chi connectivity index (χ4v) is 3.55. The molecule has 0 spiro atoms. The molecule has 0 bridgehead atoms. The van der Waals surface area contributed by atoms with Crippen molar-refractivity contribution in [1.29, 1.82) is 0 Å². The van der Waals surface area contributed by atoms with Gasteiger partial charge in [0.25, 0.3) is 0 Å². The van der Waals surface area contributed by atoms with E-state index in [-0.39, 0.29) is 16.6 Å². The lowest BCUT2D eigenvalue weighted by Gasteiger charge is -2.49. The van der Waals surface area contributed by atoms with Crippen LogP contribution in [0.3, 0.4) is 0 Å². The Morgan fingerprint density at radius 3 is 2.32 bits per heavy atom. The van der Waals surface area contributed by atoms with Crippen molar-refractivity contribution >= 4 is 5.78 Å². The first-order valence-electron chi connectivity index (χ1n) is 7.24. The number of rotatable bonds is 1. The third kappa shape index (κ3) is 2.04. The highest BCUT2D eigenvalue weighted by molar-refractivity contribution is 5.96. The van der Waals surface area contributed by atoms with Crippen LogP contribution in [0.15, 0.2) is 12.1 Å².